The SMILES string of the molecule is CC(=O)c1nc2c(S(C)(=O)=O)cccc2[nH]1. The Labute approximate surface area is 92.4 Å². The smallest absolute Gasteiger partial charge is 0.195 e. The monoisotopic (exact) mass is 238 g/mol. The number of H-pyrrole nitrogens is 1. The van der Waals surface area contributed by atoms with Crippen LogP contribution in [0.1, 0.15) is 17.5 Å². The first-order valence-corrected chi connectivity index (χ1v) is 6.48. The van der Waals surface area contributed by atoms with Crippen LogP contribution in [0.15, 0.2) is 23.1 Å². The molecule has 5 nitrogen and oxygen atoms in total. The van der Waals surface area contributed by atoms with Crippen LogP contribution < -0.4 is 0 Å². The zero-order chi connectivity index (χ0) is 11.9. The Kier molecular flexibility index (Phi) is 2.31. The van der Waals surface area contributed by atoms with E-state index in [9.17, 15) is 13.2 Å². The number of imidazole rings is 1. The number of aromatic nitrogens is 2. The van der Waals surface area contributed by atoms with Crippen molar-refractivity contribution in [3.8, 4) is 0 Å². The van der Waals surface area contributed by atoms with Gasteiger partial charge >= 0.3 is 0 Å². The highest BCUT2D eigenvalue weighted by atomic mass is 32.2. The summed E-state index contributed by atoms with van der Waals surface area (Å²) in [6.45, 7) is 1.37. The minimum absolute atomic E-state index is 0.133. The number of carbonyl (C=O) groups excluding carboxylic acids is 1. The van der Waals surface area contributed by atoms with Gasteiger partial charge in [0.15, 0.2) is 21.4 Å². The highest BCUT2D eigenvalue weighted by Gasteiger charge is 2.16. The van der Waals surface area contributed by atoms with Gasteiger partial charge in [-0.25, -0.2) is 13.4 Å². The average Bonchev–Trinajstić information content (AvgIpc) is 2.58. The number of hydrogen-bond acceptors (Lipinski definition) is 4. The van der Waals surface area contributed by atoms with Crippen molar-refractivity contribution in [2.45, 2.75) is 11.8 Å². The molecule has 0 atom stereocenters. The average molecular weight is 238 g/mol. The van der Waals surface area contributed by atoms with Crippen molar-refractivity contribution >= 4 is 26.7 Å². The molecule has 1 aromatic carbocycles. The van der Waals surface area contributed by atoms with Gasteiger partial charge in [0.2, 0.25) is 0 Å². The minimum Gasteiger partial charge on any atom is -0.335 e. The van der Waals surface area contributed by atoms with E-state index < -0.39 is 9.84 Å². The number of carbonyl (C=O) groups is 1. The quantitative estimate of drug-likeness (QED) is 0.796. The molecule has 1 heterocycles. The Bertz CT molecular complexity index is 670. The number of fused-ring (bicyclic) bond motifs is 1. The molecular formula is C10H10N2O3S. The number of hydrogen-bond donors (Lipinski definition) is 1. The van der Waals surface area contributed by atoms with Gasteiger partial charge in [0.1, 0.15) is 5.52 Å². The summed E-state index contributed by atoms with van der Waals surface area (Å²) < 4.78 is 23.0. The molecule has 0 amide bonds. The first-order chi connectivity index (χ1) is 7.39. The van der Waals surface area contributed by atoms with Gasteiger partial charge in [-0.3, -0.25) is 4.79 Å². The van der Waals surface area contributed by atoms with Crippen LogP contribution in [-0.4, -0.2) is 30.4 Å². The highest BCUT2D eigenvalue weighted by molar-refractivity contribution is 7.91. The van der Waals surface area contributed by atoms with E-state index in [-0.39, 0.29) is 16.5 Å². The molecule has 0 unspecified atom stereocenters. The molecule has 0 fully saturated rings. The largest absolute Gasteiger partial charge is 0.335 e. The standard InChI is InChI=1S/C10H10N2O3S/c1-6(13)10-11-7-4-3-5-8(9(7)12-10)16(2,14)15/h3-5H,1-2H3,(H,11,12). The molecule has 2 rings (SSSR count). The molecule has 0 bridgehead atoms. The van der Waals surface area contributed by atoms with Gasteiger partial charge in [-0.1, -0.05) is 6.07 Å². The molecule has 0 aliphatic rings. The lowest BCUT2D eigenvalue weighted by Crippen LogP contribution is -1.98. The normalized spacial score (nSPS) is 11.9. The first-order valence-electron chi connectivity index (χ1n) is 4.59. The number of rotatable bonds is 2. The van der Waals surface area contributed by atoms with Gasteiger partial charge in [-0.2, -0.15) is 0 Å². The Hall–Kier alpha value is -1.69. The van der Waals surface area contributed by atoms with Gasteiger partial charge in [0.05, 0.1) is 10.4 Å². The maximum Gasteiger partial charge on any atom is 0.195 e. The van der Waals surface area contributed by atoms with Crippen molar-refractivity contribution < 1.29 is 13.2 Å². The van der Waals surface area contributed by atoms with Crippen LogP contribution in [0.5, 0.6) is 0 Å². The van der Waals surface area contributed by atoms with Gasteiger partial charge in [-0.15, -0.1) is 0 Å². The van der Waals surface area contributed by atoms with E-state index in [4.69, 9.17) is 0 Å². The molecule has 0 radical (unpaired) electrons. The van der Waals surface area contributed by atoms with Gasteiger partial charge in [0.25, 0.3) is 0 Å². The number of ketones is 1. The number of nitrogens with one attached hydrogen (secondary N) is 1. The number of aromatic amines is 1. The van der Waals surface area contributed by atoms with Crippen LogP contribution in [0, 0.1) is 0 Å². The molecule has 2 aromatic rings. The summed E-state index contributed by atoms with van der Waals surface area (Å²) in [6.07, 6.45) is 1.11. The molecule has 84 valence electrons. The number of benzene rings is 1. The van der Waals surface area contributed by atoms with E-state index in [1.165, 1.54) is 13.0 Å². The fraction of sp³-hybridized carbons (Fsp3) is 0.200. The van der Waals surface area contributed by atoms with Crippen molar-refractivity contribution in [1.29, 1.82) is 0 Å². The number of sulfone groups is 1. The third kappa shape index (κ3) is 1.71. The minimum atomic E-state index is -3.34. The lowest BCUT2D eigenvalue weighted by atomic mass is 10.3. The van der Waals surface area contributed by atoms with E-state index in [0.717, 1.165) is 6.26 Å². The molecule has 6 heteroatoms. The first kappa shape index (κ1) is 10.8. The van der Waals surface area contributed by atoms with Crippen LogP contribution in [0.3, 0.4) is 0 Å². The molecular weight excluding hydrogens is 228 g/mol. The number of para-hydroxylation sites is 1. The second-order valence-corrected chi connectivity index (χ2v) is 5.55. The van der Waals surface area contributed by atoms with Crippen molar-refractivity contribution in [3.63, 3.8) is 0 Å². The second kappa shape index (κ2) is 3.41. The fourth-order valence-corrected chi connectivity index (χ4v) is 2.30. The zero-order valence-corrected chi connectivity index (χ0v) is 9.63. The second-order valence-electron chi connectivity index (χ2n) is 3.57. The number of Topliss-reactive ketones (excluding diaryl/α,β-unsaturated/α-hetero) is 1. The summed E-state index contributed by atoms with van der Waals surface area (Å²) in [6, 6.07) is 4.77. The Morgan fingerprint density at radius 2 is 2.06 bits per heavy atom. The summed E-state index contributed by atoms with van der Waals surface area (Å²) in [5.41, 5.74) is 0.864. The van der Waals surface area contributed by atoms with Crippen LogP contribution in [-0.2, 0) is 9.84 Å². The van der Waals surface area contributed by atoms with Gasteiger partial charge in [0, 0.05) is 13.2 Å². The van der Waals surface area contributed by atoms with Crippen LogP contribution in [0.4, 0.5) is 0 Å². The predicted octanol–water partition coefficient (Wildman–Crippen LogP) is 1.17. The molecule has 1 aromatic heterocycles. The van der Waals surface area contributed by atoms with Gasteiger partial charge < -0.3 is 4.98 Å². The lowest BCUT2D eigenvalue weighted by Gasteiger charge is -1.97. The van der Waals surface area contributed by atoms with E-state index in [1.54, 1.807) is 12.1 Å². The summed E-state index contributed by atoms with van der Waals surface area (Å²) in [5.74, 6) is -0.0539. The van der Waals surface area contributed by atoms with E-state index in [0.29, 0.717) is 11.0 Å². The summed E-state index contributed by atoms with van der Waals surface area (Å²) >= 11 is 0. The number of nitrogens with zero attached hydrogens (tertiary/aromatic N) is 1. The van der Waals surface area contributed by atoms with Crippen molar-refractivity contribution in [2.24, 2.45) is 0 Å². The van der Waals surface area contributed by atoms with Gasteiger partial charge in [-0.05, 0) is 12.1 Å². The molecule has 1 N–H and O–H groups in total. The molecule has 0 spiro atoms. The zero-order valence-electron chi connectivity index (χ0n) is 8.81. The summed E-state index contributed by atoms with van der Waals surface area (Å²) in [5, 5.41) is 0. The summed E-state index contributed by atoms with van der Waals surface area (Å²) in [4.78, 5) is 18.0. The Morgan fingerprint density at radius 1 is 1.38 bits per heavy atom. The molecule has 16 heavy (non-hydrogen) atoms. The molecule has 0 saturated carbocycles. The molecule has 0 aliphatic heterocycles. The lowest BCUT2D eigenvalue weighted by molar-refractivity contribution is 0.100. The Morgan fingerprint density at radius 3 is 2.62 bits per heavy atom. The van der Waals surface area contributed by atoms with Crippen LogP contribution in [0.25, 0.3) is 11.0 Å². The van der Waals surface area contributed by atoms with Crippen LogP contribution in [0.2, 0.25) is 0 Å². The maximum atomic E-state index is 11.5. The highest BCUT2D eigenvalue weighted by Crippen LogP contribution is 2.20. The predicted molar refractivity (Wildman–Crippen MR) is 59.2 cm³/mol. The third-order valence-electron chi connectivity index (χ3n) is 2.21. The molecule has 0 aliphatic carbocycles. The maximum absolute atomic E-state index is 11.5. The van der Waals surface area contributed by atoms with E-state index >= 15 is 0 Å². The van der Waals surface area contributed by atoms with E-state index in [2.05, 4.69) is 9.97 Å². The third-order valence-corrected chi connectivity index (χ3v) is 3.34. The fourth-order valence-electron chi connectivity index (χ4n) is 1.47. The van der Waals surface area contributed by atoms with Crippen LogP contribution >= 0.6 is 0 Å². The molecule has 0 saturated heterocycles. The van der Waals surface area contributed by atoms with Crippen molar-refractivity contribution in [3.05, 3.63) is 24.0 Å². The Balaban J connectivity index is 2.83. The van der Waals surface area contributed by atoms with Crippen molar-refractivity contribution in [2.75, 3.05) is 6.26 Å². The van der Waals surface area contributed by atoms with Crippen molar-refractivity contribution in [1.82, 2.24) is 9.97 Å². The summed E-state index contributed by atoms with van der Waals surface area (Å²) in [7, 11) is -3.34. The van der Waals surface area contributed by atoms with E-state index in [1.807, 2.05) is 0 Å². The topological polar surface area (TPSA) is 79.9 Å².